The molecular weight excluding hydrogens is 314 g/mol. The molecule has 1 aromatic carbocycles. The number of halogens is 1. The number of carbonyl (C=O) groups is 2. The van der Waals surface area contributed by atoms with Crippen LogP contribution >= 0.6 is 11.6 Å². The Bertz CT molecular complexity index is 582. The molecule has 2 heterocycles. The molecule has 0 saturated carbocycles. The zero-order chi connectivity index (χ0) is 16.4. The first-order valence-electron chi connectivity index (χ1n) is 8.18. The van der Waals surface area contributed by atoms with Gasteiger partial charge in [0.25, 0.3) is 0 Å². The van der Waals surface area contributed by atoms with E-state index >= 15 is 0 Å². The van der Waals surface area contributed by atoms with E-state index in [1.54, 1.807) is 17.0 Å². The van der Waals surface area contributed by atoms with Gasteiger partial charge in [0.2, 0.25) is 11.8 Å². The second kappa shape index (κ2) is 6.89. The molecule has 2 aliphatic rings. The maximum Gasteiger partial charge on any atom is 0.239 e. The molecule has 6 heteroatoms. The van der Waals surface area contributed by atoms with Gasteiger partial charge in [-0.3, -0.25) is 9.59 Å². The molecule has 1 unspecified atom stereocenters. The van der Waals surface area contributed by atoms with Crippen molar-refractivity contribution < 1.29 is 9.59 Å². The fourth-order valence-electron chi connectivity index (χ4n) is 3.29. The summed E-state index contributed by atoms with van der Waals surface area (Å²) in [6.45, 7) is 6.95. The zero-order valence-electron chi connectivity index (χ0n) is 13.4. The monoisotopic (exact) mass is 335 g/mol. The number of hydrogen-bond acceptors (Lipinski definition) is 3. The van der Waals surface area contributed by atoms with Gasteiger partial charge in [-0.2, -0.15) is 0 Å². The standard InChI is InChI=1S/C17H22ClN3O2/c1-2-19-9-11-20(12-10-19)16(22)15-7-8-21(17(15)23)14-5-3-13(18)4-6-14/h3-6,15H,2,7-12H2,1H3. The van der Waals surface area contributed by atoms with E-state index in [-0.39, 0.29) is 11.8 Å². The second-order valence-electron chi connectivity index (χ2n) is 6.07. The van der Waals surface area contributed by atoms with Gasteiger partial charge in [0.1, 0.15) is 5.92 Å². The molecule has 0 bridgehead atoms. The average Bonchev–Trinajstić information content (AvgIpc) is 2.96. The second-order valence-corrected chi connectivity index (χ2v) is 6.50. The Morgan fingerprint density at radius 2 is 1.78 bits per heavy atom. The lowest BCUT2D eigenvalue weighted by molar-refractivity contribution is -0.141. The minimum absolute atomic E-state index is 0.0118. The van der Waals surface area contributed by atoms with Crippen LogP contribution in [0.1, 0.15) is 13.3 Å². The molecule has 5 nitrogen and oxygen atoms in total. The number of amides is 2. The van der Waals surface area contributed by atoms with Gasteiger partial charge in [-0.25, -0.2) is 0 Å². The third-order valence-electron chi connectivity index (χ3n) is 4.77. The maximum absolute atomic E-state index is 12.7. The van der Waals surface area contributed by atoms with E-state index in [1.165, 1.54) is 0 Å². The molecular formula is C17H22ClN3O2. The number of carbonyl (C=O) groups excluding carboxylic acids is 2. The van der Waals surface area contributed by atoms with Crippen LogP contribution in [-0.2, 0) is 9.59 Å². The maximum atomic E-state index is 12.7. The highest BCUT2D eigenvalue weighted by molar-refractivity contribution is 6.30. The van der Waals surface area contributed by atoms with E-state index in [9.17, 15) is 9.59 Å². The van der Waals surface area contributed by atoms with Gasteiger partial charge in [0, 0.05) is 43.4 Å². The summed E-state index contributed by atoms with van der Waals surface area (Å²) in [6, 6.07) is 7.19. The number of piperazine rings is 1. The number of rotatable bonds is 3. The van der Waals surface area contributed by atoms with Crippen LogP contribution in [0.5, 0.6) is 0 Å². The number of hydrogen-bond donors (Lipinski definition) is 0. The Hall–Kier alpha value is -1.59. The summed E-state index contributed by atoms with van der Waals surface area (Å²) in [7, 11) is 0. The summed E-state index contributed by atoms with van der Waals surface area (Å²) in [4.78, 5) is 31.2. The number of benzene rings is 1. The lowest BCUT2D eigenvalue weighted by Gasteiger charge is -2.35. The van der Waals surface area contributed by atoms with E-state index in [0.717, 1.165) is 38.4 Å². The van der Waals surface area contributed by atoms with Gasteiger partial charge in [-0.05, 0) is 37.2 Å². The number of anilines is 1. The molecule has 2 fully saturated rings. The highest BCUT2D eigenvalue weighted by Crippen LogP contribution is 2.27. The van der Waals surface area contributed by atoms with Crippen LogP contribution in [0.2, 0.25) is 5.02 Å². The third-order valence-corrected chi connectivity index (χ3v) is 5.03. The Morgan fingerprint density at radius 3 is 2.39 bits per heavy atom. The predicted molar refractivity (Wildman–Crippen MR) is 90.6 cm³/mol. The first kappa shape index (κ1) is 16.3. The van der Waals surface area contributed by atoms with Gasteiger partial charge in [-0.15, -0.1) is 0 Å². The minimum Gasteiger partial charge on any atom is -0.339 e. The molecule has 0 radical (unpaired) electrons. The van der Waals surface area contributed by atoms with E-state index in [2.05, 4.69) is 11.8 Å². The predicted octanol–water partition coefficient (Wildman–Crippen LogP) is 1.86. The summed E-state index contributed by atoms with van der Waals surface area (Å²) in [5.41, 5.74) is 0.811. The molecule has 0 aromatic heterocycles. The van der Waals surface area contributed by atoms with Crippen LogP contribution in [0.3, 0.4) is 0 Å². The highest BCUT2D eigenvalue weighted by Gasteiger charge is 2.40. The van der Waals surface area contributed by atoms with E-state index in [0.29, 0.717) is 18.0 Å². The molecule has 0 aliphatic carbocycles. The van der Waals surface area contributed by atoms with Gasteiger partial charge < -0.3 is 14.7 Å². The Kier molecular flexibility index (Phi) is 4.87. The fourth-order valence-corrected chi connectivity index (χ4v) is 3.42. The van der Waals surface area contributed by atoms with Crippen molar-refractivity contribution in [2.75, 3.05) is 44.2 Å². The lowest BCUT2D eigenvalue weighted by atomic mass is 10.1. The summed E-state index contributed by atoms with van der Waals surface area (Å²) in [6.07, 6.45) is 0.592. The molecule has 2 amide bonds. The molecule has 1 aromatic rings. The fraction of sp³-hybridized carbons (Fsp3) is 0.529. The Labute approximate surface area is 141 Å². The SMILES string of the molecule is CCN1CCN(C(=O)C2CCN(c3ccc(Cl)cc3)C2=O)CC1. The first-order chi connectivity index (χ1) is 11.1. The smallest absolute Gasteiger partial charge is 0.239 e. The minimum atomic E-state index is -0.529. The zero-order valence-corrected chi connectivity index (χ0v) is 14.1. The van der Waals surface area contributed by atoms with Crippen molar-refractivity contribution in [1.82, 2.24) is 9.80 Å². The summed E-state index contributed by atoms with van der Waals surface area (Å²) in [5.74, 6) is -0.628. The normalized spacial score (nSPS) is 22.7. The van der Waals surface area contributed by atoms with Crippen LogP contribution in [0.15, 0.2) is 24.3 Å². The molecule has 3 rings (SSSR count). The first-order valence-corrected chi connectivity index (χ1v) is 8.56. The van der Waals surface area contributed by atoms with Crippen molar-refractivity contribution in [3.05, 3.63) is 29.3 Å². The Balaban J connectivity index is 1.64. The van der Waals surface area contributed by atoms with Crippen LogP contribution in [0.4, 0.5) is 5.69 Å². The van der Waals surface area contributed by atoms with Crippen LogP contribution in [-0.4, -0.2) is 60.9 Å². The molecule has 0 N–H and O–H groups in total. The van der Waals surface area contributed by atoms with Gasteiger partial charge in [0.05, 0.1) is 0 Å². The van der Waals surface area contributed by atoms with Crippen molar-refractivity contribution in [3.63, 3.8) is 0 Å². The number of nitrogens with zero attached hydrogens (tertiary/aromatic N) is 3. The third kappa shape index (κ3) is 3.35. The largest absolute Gasteiger partial charge is 0.339 e. The summed E-state index contributed by atoms with van der Waals surface area (Å²) in [5, 5.41) is 0.641. The molecule has 0 spiro atoms. The van der Waals surface area contributed by atoms with Crippen molar-refractivity contribution in [1.29, 1.82) is 0 Å². The topological polar surface area (TPSA) is 43.9 Å². The number of likely N-dealkylation sites (N-methyl/N-ethyl adjacent to an activating group) is 1. The van der Waals surface area contributed by atoms with Gasteiger partial charge >= 0.3 is 0 Å². The summed E-state index contributed by atoms with van der Waals surface area (Å²) >= 11 is 5.89. The highest BCUT2D eigenvalue weighted by atomic mass is 35.5. The van der Waals surface area contributed by atoms with Gasteiger partial charge in [-0.1, -0.05) is 18.5 Å². The van der Waals surface area contributed by atoms with Crippen molar-refractivity contribution in [2.24, 2.45) is 5.92 Å². The lowest BCUT2D eigenvalue weighted by Crippen LogP contribution is -2.51. The van der Waals surface area contributed by atoms with Crippen LogP contribution in [0, 0.1) is 5.92 Å². The summed E-state index contributed by atoms with van der Waals surface area (Å²) < 4.78 is 0. The van der Waals surface area contributed by atoms with Crippen molar-refractivity contribution in [2.45, 2.75) is 13.3 Å². The average molecular weight is 336 g/mol. The van der Waals surface area contributed by atoms with E-state index in [4.69, 9.17) is 11.6 Å². The van der Waals surface area contributed by atoms with Crippen LogP contribution < -0.4 is 4.90 Å². The molecule has 23 heavy (non-hydrogen) atoms. The molecule has 2 saturated heterocycles. The molecule has 1 atom stereocenters. The quantitative estimate of drug-likeness (QED) is 0.792. The van der Waals surface area contributed by atoms with Gasteiger partial charge in [0.15, 0.2) is 0 Å². The van der Waals surface area contributed by atoms with E-state index in [1.807, 2.05) is 17.0 Å². The van der Waals surface area contributed by atoms with E-state index < -0.39 is 5.92 Å². The molecule has 2 aliphatic heterocycles. The van der Waals surface area contributed by atoms with Crippen LogP contribution in [0.25, 0.3) is 0 Å². The Morgan fingerprint density at radius 1 is 1.13 bits per heavy atom. The van der Waals surface area contributed by atoms with Crippen molar-refractivity contribution >= 4 is 29.1 Å². The van der Waals surface area contributed by atoms with Crippen molar-refractivity contribution in [3.8, 4) is 0 Å². The molecule has 124 valence electrons.